The quantitative estimate of drug-likeness (QED) is 0.869. The molecule has 0 aliphatic carbocycles. The monoisotopic (exact) mass is 276 g/mol. The highest BCUT2D eigenvalue weighted by molar-refractivity contribution is 7.17. The van der Waals surface area contributed by atoms with Crippen LogP contribution in [0.3, 0.4) is 0 Å². The van der Waals surface area contributed by atoms with Gasteiger partial charge in [0.1, 0.15) is 4.88 Å². The average Bonchev–Trinajstić information content (AvgIpc) is 2.87. The number of anilines is 1. The molecule has 1 atom stereocenters. The molecule has 1 unspecified atom stereocenters. The van der Waals surface area contributed by atoms with E-state index in [2.05, 4.69) is 53.2 Å². The van der Waals surface area contributed by atoms with E-state index in [1.807, 2.05) is 0 Å². The number of ether oxygens (including phenoxy) is 1. The van der Waals surface area contributed by atoms with Crippen LogP contribution < -0.4 is 5.32 Å². The number of rotatable bonds is 4. The number of aryl methyl sites for hydroxylation is 1. The van der Waals surface area contributed by atoms with Crippen molar-refractivity contribution in [2.24, 2.45) is 0 Å². The van der Waals surface area contributed by atoms with E-state index in [1.165, 1.54) is 35.8 Å². The summed E-state index contributed by atoms with van der Waals surface area (Å²) >= 11 is 1.29. The SMILES string of the molecule is COC(=O)c1cnc(NC(C)c2ccc(C)cc2)s1. The molecule has 0 amide bonds. The van der Waals surface area contributed by atoms with Gasteiger partial charge in [-0.15, -0.1) is 0 Å². The van der Waals surface area contributed by atoms with E-state index < -0.39 is 0 Å². The highest BCUT2D eigenvalue weighted by atomic mass is 32.1. The first-order chi connectivity index (χ1) is 9.10. The largest absolute Gasteiger partial charge is 0.465 e. The first-order valence-corrected chi connectivity index (χ1v) is 6.79. The van der Waals surface area contributed by atoms with Crippen LogP contribution in [0.2, 0.25) is 0 Å². The molecule has 0 fully saturated rings. The van der Waals surface area contributed by atoms with Crippen LogP contribution in [0, 0.1) is 6.92 Å². The number of nitrogens with one attached hydrogen (secondary N) is 1. The molecule has 19 heavy (non-hydrogen) atoms. The average molecular weight is 276 g/mol. The van der Waals surface area contributed by atoms with Crippen LogP contribution in [0.4, 0.5) is 5.13 Å². The summed E-state index contributed by atoms with van der Waals surface area (Å²) in [5.41, 5.74) is 2.42. The Labute approximate surface area is 116 Å². The van der Waals surface area contributed by atoms with E-state index in [9.17, 15) is 4.79 Å². The van der Waals surface area contributed by atoms with Gasteiger partial charge in [-0.1, -0.05) is 41.2 Å². The van der Waals surface area contributed by atoms with Crippen LogP contribution in [-0.2, 0) is 4.74 Å². The van der Waals surface area contributed by atoms with Crippen molar-refractivity contribution in [1.29, 1.82) is 0 Å². The minimum absolute atomic E-state index is 0.136. The fourth-order valence-corrected chi connectivity index (χ4v) is 2.48. The van der Waals surface area contributed by atoms with E-state index in [0.717, 1.165) is 0 Å². The van der Waals surface area contributed by atoms with Crippen molar-refractivity contribution in [3.63, 3.8) is 0 Å². The summed E-state index contributed by atoms with van der Waals surface area (Å²) < 4.78 is 4.66. The minimum atomic E-state index is -0.353. The Morgan fingerprint density at radius 3 is 2.68 bits per heavy atom. The predicted molar refractivity (Wildman–Crippen MR) is 76.7 cm³/mol. The number of thiazole rings is 1. The summed E-state index contributed by atoms with van der Waals surface area (Å²) in [5.74, 6) is -0.353. The molecule has 0 saturated carbocycles. The lowest BCUT2D eigenvalue weighted by atomic mass is 10.1. The number of esters is 1. The Balaban J connectivity index is 2.06. The zero-order valence-electron chi connectivity index (χ0n) is 11.1. The molecule has 1 aromatic heterocycles. The molecule has 0 bridgehead atoms. The van der Waals surface area contributed by atoms with Gasteiger partial charge in [0.2, 0.25) is 0 Å². The second-order valence-electron chi connectivity index (χ2n) is 4.30. The van der Waals surface area contributed by atoms with Crippen LogP contribution in [0.1, 0.15) is 33.8 Å². The Morgan fingerprint density at radius 1 is 1.37 bits per heavy atom. The molecule has 0 aliphatic rings. The number of carbonyl (C=O) groups excluding carboxylic acids is 1. The van der Waals surface area contributed by atoms with Crippen molar-refractivity contribution in [3.05, 3.63) is 46.5 Å². The molecule has 0 spiro atoms. The maximum Gasteiger partial charge on any atom is 0.349 e. The van der Waals surface area contributed by atoms with Crippen LogP contribution in [-0.4, -0.2) is 18.1 Å². The molecule has 0 aliphatic heterocycles. The molecule has 1 N–H and O–H groups in total. The van der Waals surface area contributed by atoms with Gasteiger partial charge < -0.3 is 10.1 Å². The summed E-state index contributed by atoms with van der Waals surface area (Å²) in [6.45, 7) is 4.12. The van der Waals surface area contributed by atoms with Crippen molar-refractivity contribution >= 4 is 22.4 Å². The van der Waals surface area contributed by atoms with Gasteiger partial charge in [0.05, 0.1) is 19.3 Å². The summed E-state index contributed by atoms with van der Waals surface area (Å²) in [7, 11) is 1.37. The maximum absolute atomic E-state index is 11.3. The maximum atomic E-state index is 11.3. The summed E-state index contributed by atoms with van der Waals surface area (Å²) in [6, 6.07) is 8.46. The Bertz CT molecular complexity index is 563. The van der Waals surface area contributed by atoms with Gasteiger partial charge in [-0.2, -0.15) is 0 Å². The lowest BCUT2D eigenvalue weighted by Gasteiger charge is -2.13. The van der Waals surface area contributed by atoms with Gasteiger partial charge in [0, 0.05) is 0 Å². The third kappa shape index (κ3) is 3.32. The van der Waals surface area contributed by atoms with Crippen LogP contribution >= 0.6 is 11.3 Å². The predicted octanol–water partition coefficient (Wildman–Crippen LogP) is 3.41. The summed E-state index contributed by atoms with van der Waals surface area (Å²) in [5, 5.41) is 3.99. The highest BCUT2D eigenvalue weighted by Crippen LogP contribution is 2.24. The van der Waals surface area contributed by atoms with E-state index in [-0.39, 0.29) is 12.0 Å². The van der Waals surface area contributed by atoms with Gasteiger partial charge >= 0.3 is 5.97 Å². The number of hydrogen-bond donors (Lipinski definition) is 1. The van der Waals surface area contributed by atoms with Gasteiger partial charge in [-0.25, -0.2) is 9.78 Å². The zero-order valence-corrected chi connectivity index (χ0v) is 12.0. The number of nitrogens with zero attached hydrogens (tertiary/aromatic N) is 1. The van der Waals surface area contributed by atoms with Crippen molar-refractivity contribution in [3.8, 4) is 0 Å². The van der Waals surface area contributed by atoms with E-state index >= 15 is 0 Å². The number of aromatic nitrogens is 1. The fourth-order valence-electron chi connectivity index (χ4n) is 1.66. The second-order valence-corrected chi connectivity index (χ2v) is 5.33. The third-order valence-corrected chi connectivity index (χ3v) is 3.72. The van der Waals surface area contributed by atoms with Crippen molar-refractivity contribution < 1.29 is 9.53 Å². The molecule has 1 aromatic carbocycles. The molecular weight excluding hydrogens is 260 g/mol. The van der Waals surface area contributed by atoms with E-state index in [0.29, 0.717) is 10.0 Å². The zero-order chi connectivity index (χ0) is 13.8. The molecule has 0 radical (unpaired) electrons. The standard InChI is InChI=1S/C14H16N2O2S/c1-9-4-6-11(7-5-9)10(2)16-14-15-8-12(19-14)13(17)18-3/h4-8,10H,1-3H3,(H,15,16). The molecule has 1 heterocycles. The number of methoxy groups -OCH3 is 1. The van der Waals surface area contributed by atoms with Crippen LogP contribution in [0.25, 0.3) is 0 Å². The van der Waals surface area contributed by atoms with Crippen molar-refractivity contribution in [1.82, 2.24) is 4.98 Å². The topological polar surface area (TPSA) is 51.2 Å². The minimum Gasteiger partial charge on any atom is -0.465 e. The van der Waals surface area contributed by atoms with Crippen LogP contribution in [0.15, 0.2) is 30.5 Å². The summed E-state index contributed by atoms with van der Waals surface area (Å²) in [4.78, 5) is 16.0. The summed E-state index contributed by atoms with van der Waals surface area (Å²) in [6.07, 6.45) is 1.53. The molecule has 5 heteroatoms. The number of hydrogen-bond acceptors (Lipinski definition) is 5. The van der Waals surface area contributed by atoms with Gasteiger partial charge in [0.25, 0.3) is 0 Å². The van der Waals surface area contributed by atoms with E-state index in [1.54, 1.807) is 0 Å². The normalized spacial score (nSPS) is 11.9. The number of benzene rings is 1. The lowest BCUT2D eigenvalue weighted by molar-refractivity contribution is 0.0606. The van der Waals surface area contributed by atoms with Crippen LogP contribution in [0.5, 0.6) is 0 Å². The third-order valence-electron chi connectivity index (χ3n) is 2.81. The highest BCUT2D eigenvalue weighted by Gasteiger charge is 2.12. The van der Waals surface area contributed by atoms with Crippen molar-refractivity contribution in [2.75, 3.05) is 12.4 Å². The Morgan fingerprint density at radius 2 is 2.05 bits per heavy atom. The second kappa shape index (κ2) is 5.84. The molecule has 100 valence electrons. The van der Waals surface area contributed by atoms with Gasteiger partial charge in [-0.05, 0) is 19.4 Å². The Hall–Kier alpha value is -1.88. The van der Waals surface area contributed by atoms with Gasteiger partial charge in [-0.3, -0.25) is 0 Å². The molecule has 2 rings (SSSR count). The smallest absolute Gasteiger partial charge is 0.349 e. The van der Waals surface area contributed by atoms with E-state index in [4.69, 9.17) is 0 Å². The molecular formula is C14H16N2O2S. The van der Waals surface area contributed by atoms with Gasteiger partial charge in [0.15, 0.2) is 5.13 Å². The lowest BCUT2D eigenvalue weighted by Crippen LogP contribution is -2.05. The molecule has 0 saturated heterocycles. The first-order valence-electron chi connectivity index (χ1n) is 5.97. The Kier molecular flexibility index (Phi) is 4.16. The number of carbonyl (C=O) groups is 1. The molecule has 4 nitrogen and oxygen atoms in total. The van der Waals surface area contributed by atoms with Crippen molar-refractivity contribution in [2.45, 2.75) is 19.9 Å². The molecule has 2 aromatic rings. The first kappa shape index (κ1) is 13.5. The fraction of sp³-hybridized carbons (Fsp3) is 0.286.